The van der Waals surface area contributed by atoms with Gasteiger partial charge in [0.1, 0.15) is 4.88 Å². The van der Waals surface area contributed by atoms with Crippen LogP contribution in [0.15, 0.2) is 30.3 Å². The van der Waals surface area contributed by atoms with Gasteiger partial charge in [-0.15, -0.1) is 0 Å². The molecule has 1 aromatic carbocycles. The molecule has 3 rings (SSSR count). The van der Waals surface area contributed by atoms with Gasteiger partial charge in [0.2, 0.25) is 5.91 Å². The van der Waals surface area contributed by atoms with Crippen LogP contribution < -0.4 is 10.6 Å². The predicted octanol–water partition coefficient (Wildman–Crippen LogP) is 2.68. The Morgan fingerprint density at radius 1 is 1.38 bits per heavy atom. The fourth-order valence-corrected chi connectivity index (χ4v) is 3.49. The Hall–Kier alpha value is -2.25. The van der Waals surface area contributed by atoms with Crippen LogP contribution in [0.5, 0.6) is 0 Å². The van der Waals surface area contributed by atoms with Crippen LogP contribution in [0.3, 0.4) is 0 Å². The first-order chi connectivity index (χ1) is 11.7. The average Bonchev–Trinajstić information content (AvgIpc) is 3.26. The summed E-state index contributed by atoms with van der Waals surface area (Å²) in [6.45, 7) is 2.90. The van der Waals surface area contributed by atoms with Crippen molar-refractivity contribution in [2.45, 2.75) is 25.8 Å². The third kappa shape index (κ3) is 3.63. The zero-order chi connectivity index (χ0) is 16.9. The molecular formula is C17H19N3O3S. The second-order valence-corrected chi connectivity index (χ2v) is 6.42. The molecule has 0 bridgehead atoms. The molecule has 6 nitrogen and oxygen atoms in total. The summed E-state index contributed by atoms with van der Waals surface area (Å²) in [6.07, 6.45) is 1.80. The number of hydrogen-bond acceptors (Lipinski definition) is 6. The topological polar surface area (TPSA) is 80.3 Å². The summed E-state index contributed by atoms with van der Waals surface area (Å²) >= 11 is 1.14. The number of nitrogens with zero attached hydrogens (tertiary/aromatic N) is 1. The van der Waals surface area contributed by atoms with Crippen LogP contribution in [-0.2, 0) is 9.53 Å². The van der Waals surface area contributed by atoms with Gasteiger partial charge < -0.3 is 15.4 Å². The number of hydrogen-bond donors (Lipinski definition) is 2. The van der Waals surface area contributed by atoms with Crippen LogP contribution in [0, 0.1) is 0 Å². The lowest BCUT2D eigenvalue weighted by Crippen LogP contribution is -2.35. The molecule has 2 aromatic rings. The number of ether oxygens (including phenoxy) is 1. The van der Waals surface area contributed by atoms with Crippen molar-refractivity contribution in [2.75, 3.05) is 18.5 Å². The van der Waals surface area contributed by atoms with Gasteiger partial charge in [-0.05, 0) is 26.3 Å². The fourth-order valence-electron chi connectivity index (χ4n) is 2.60. The van der Waals surface area contributed by atoms with Crippen molar-refractivity contribution in [1.82, 2.24) is 10.3 Å². The van der Waals surface area contributed by atoms with Crippen LogP contribution in [0.25, 0.3) is 11.3 Å². The van der Waals surface area contributed by atoms with E-state index in [0.29, 0.717) is 22.3 Å². The number of nitrogens with one attached hydrogen (secondary N) is 2. The molecule has 1 aliphatic rings. The van der Waals surface area contributed by atoms with E-state index in [4.69, 9.17) is 4.74 Å². The Balaban J connectivity index is 1.88. The van der Waals surface area contributed by atoms with Gasteiger partial charge >= 0.3 is 5.97 Å². The van der Waals surface area contributed by atoms with E-state index in [1.165, 1.54) is 0 Å². The lowest BCUT2D eigenvalue weighted by atomic mass is 10.1. The van der Waals surface area contributed by atoms with Gasteiger partial charge in [-0.2, -0.15) is 0 Å². The molecule has 7 heteroatoms. The summed E-state index contributed by atoms with van der Waals surface area (Å²) < 4.78 is 5.11. The number of aromatic nitrogens is 1. The van der Waals surface area contributed by atoms with Crippen molar-refractivity contribution < 1.29 is 14.3 Å². The van der Waals surface area contributed by atoms with Gasteiger partial charge in [0, 0.05) is 5.56 Å². The van der Waals surface area contributed by atoms with Crippen LogP contribution in [0.2, 0.25) is 0 Å². The highest BCUT2D eigenvalue weighted by Crippen LogP contribution is 2.32. The molecule has 0 spiro atoms. The van der Waals surface area contributed by atoms with Crippen molar-refractivity contribution in [3.05, 3.63) is 35.2 Å². The van der Waals surface area contributed by atoms with Gasteiger partial charge in [0.25, 0.3) is 0 Å². The SMILES string of the molecule is CCOC(=O)c1sc(NC(=O)C2CCCN2)nc1-c1ccccc1. The third-order valence-electron chi connectivity index (χ3n) is 3.74. The Labute approximate surface area is 144 Å². The second kappa shape index (κ2) is 7.55. The minimum absolute atomic E-state index is 0.115. The summed E-state index contributed by atoms with van der Waals surface area (Å²) in [5.41, 5.74) is 1.35. The van der Waals surface area contributed by atoms with Crippen molar-refractivity contribution >= 4 is 28.3 Å². The van der Waals surface area contributed by atoms with Crippen LogP contribution in [-0.4, -0.2) is 36.1 Å². The highest BCUT2D eigenvalue weighted by atomic mass is 32.1. The maximum absolute atomic E-state index is 12.2. The number of esters is 1. The Morgan fingerprint density at radius 3 is 2.83 bits per heavy atom. The highest BCUT2D eigenvalue weighted by molar-refractivity contribution is 7.18. The Kier molecular flexibility index (Phi) is 5.22. The predicted molar refractivity (Wildman–Crippen MR) is 93.2 cm³/mol. The molecule has 1 amide bonds. The monoisotopic (exact) mass is 345 g/mol. The van der Waals surface area contributed by atoms with E-state index < -0.39 is 5.97 Å². The van der Waals surface area contributed by atoms with Crippen molar-refractivity contribution in [3.63, 3.8) is 0 Å². The molecule has 2 heterocycles. The molecule has 0 aliphatic carbocycles. The quantitative estimate of drug-likeness (QED) is 0.815. The zero-order valence-corrected chi connectivity index (χ0v) is 14.2. The molecular weight excluding hydrogens is 326 g/mol. The largest absolute Gasteiger partial charge is 0.462 e. The number of benzene rings is 1. The van der Waals surface area contributed by atoms with Crippen molar-refractivity contribution in [3.8, 4) is 11.3 Å². The summed E-state index contributed by atoms with van der Waals surface area (Å²) in [6, 6.07) is 9.22. The Bertz CT molecular complexity index is 724. The van der Waals surface area contributed by atoms with Gasteiger partial charge in [-0.25, -0.2) is 9.78 Å². The first-order valence-electron chi connectivity index (χ1n) is 7.96. The van der Waals surface area contributed by atoms with Crippen molar-refractivity contribution in [2.24, 2.45) is 0 Å². The molecule has 1 aromatic heterocycles. The van der Waals surface area contributed by atoms with E-state index in [1.807, 2.05) is 30.3 Å². The number of carbonyl (C=O) groups is 2. The molecule has 1 fully saturated rings. The maximum atomic E-state index is 12.2. The molecule has 1 atom stereocenters. The van der Waals surface area contributed by atoms with E-state index in [-0.39, 0.29) is 11.9 Å². The number of amides is 1. The summed E-state index contributed by atoms with van der Waals surface area (Å²) in [4.78, 5) is 29.3. The summed E-state index contributed by atoms with van der Waals surface area (Å²) in [7, 11) is 0. The van der Waals surface area contributed by atoms with E-state index in [9.17, 15) is 9.59 Å². The number of rotatable bonds is 5. The maximum Gasteiger partial charge on any atom is 0.350 e. The van der Waals surface area contributed by atoms with Crippen LogP contribution >= 0.6 is 11.3 Å². The highest BCUT2D eigenvalue weighted by Gasteiger charge is 2.25. The average molecular weight is 345 g/mol. The number of thiazole rings is 1. The molecule has 1 aliphatic heterocycles. The normalized spacial score (nSPS) is 16.8. The lowest BCUT2D eigenvalue weighted by Gasteiger charge is -2.08. The summed E-state index contributed by atoms with van der Waals surface area (Å²) in [5.74, 6) is -0.537. The third-order valence-corrected chi connectivity index (χ3v) is 4.69. The standard InChI is InChI=1S/C17H19N3O3S/c1-2-23-16(22)14-13(11-7-4-3-5-8-11)19-17(24-14)20-15(21)12-9-6-10-18-12/h3-5,7-8,12,18H,2,6,9-10H2,1H3,(H,19,20,21). The van der Waals surface area contributed by atoms with E-state index in [0.717, 1.165) is 36.3 Å². The van der Waals surface area contributed by atoms with Crippen LogP contribution in [0.4, 0.5) is 5.13 Å². The van der Waals surface area contributed by atoms with Crippen LogP contribution in [0.1, 0.15) is 29.4 Å². The smallest absolute Gasteiger partial charge is 0.350 e. The van der Waals surface area contributed by atoms with E-state index in [1.54, 1.807) is 6.92 Å². The lowest BCUT2D eigenvalue weighted by molar-refractivity contribution is -0.117. The van der Waals surface area contributed by atoms with Gasteiger partial charge in [0.15, 0.2) is 5.13 Å². The van der Waals surface area contributed by atoms with E-state index in [2.05, 4.69) is 15.6 Å². The second-order valence-electron chi connectivity index (χ2n) is 5.42. The number of carbonyl (C=O) groups excluding carboxylic acids is 2. The molecule has 1 saturated heterocycles. The molecule has 1 unspecified atom stereocenters. The first-order valence-corrected chi connectivity index (χ1v) is 8.78. The van der Waals surface area contributed by atoms with Gasteiger partial charge in [-0.1, -0.05) is 41.7 Å². The van der Waals surface area contributed by atoms with Crippen molar-refractivity contribution in [1.29, 1.82) is 0 Å². The fraction of sp³-hybridized carbons (Fsp3) is 0.353. The molecule has 2 N–H and O–H groups in total. The summed E-state index contributed by atoms with van der Waals surface area (Å²) in [5, 5.41) is 6.37. The molecule has 126 valence electrons. The first kappa shape index (κ1) is 16.6. The van der Waals surface area contributed by atoms with Gasteiger partial charge in [0.05, 0.1) is 18.3 Å². The minimum Gasteiger partial charge on any atom is -0.462 e. The number of anilines is 1. The Morgan fingerprint density at radius 2 is 2.17 bits per heavy atom. The minimum atomic E-state index is -0.423. The molecule has 0 radical (unpaired) electrons. The molecule has 24 heavy (non-hydrogen) atoms. The molecule has 0 saturated carbocycles. The zero-order valence-electron chi connectivity index (χ0n) is 13.4. The van der Waals surface area contributed by atoms with Gasteiger partial charge in [-0.3, -0.25) is 4.79 Å². The van der Waals surface area contributed by atoms with E-state index >= 15 is 0 Å².